The van der Waals surface area contributed by atoms with E-state index in [1.807, 2.05) is 25.3 Å². The number of nitrogens with one attached hydrogen (secondary N) is 1. The Bertz CT molecular complexity index is 621. The van der Waals surface area contributed by atoms with Gasteiger partial charge in [-0.25, -0.2) is 4.98 Å². The molecule has 1 aromatic carbocycles. The number of rotatable bonds is 2. The molecule has 0 aliphatic heterocycles. The molecule has 0 radical (unpaired) electrons. The fourth-order valence-corrected chi connectivity index (χ4v) is 1.87. The smallest absolute Gasteiger partial charge is 0.194 e. The molecule has 0 spiro atoms. The van der Waals surface area contributed by atoms with Crippen molar-refractivity contribution in [3.05, 3.63) is 42.5 Å². The Balaban J connectivity index is 2.18. The minimum atomic E-state index is 0.778. The summed E-state index contributed by atoms with van der Waals surface area (Å²) in [6.07, 6.45) is 4.57. The van der Waals surface area contributed by atoms with Crippen LogP contribution in [-0.2, 0) is 6.42 Å². The topological polar surface area (TPSA) is 41.8 Å². The van der Waals surface area contributed by atoms with Crippen molar-refractivity contribution in [2.45, 2.75) is 13.3 Å². The normalized spacial score (nSPS) is 11.1. The molecule has 0 aliphatic carbocycles. The Hall–Kier alpha value is -2.03. The van der Waals surface area contributed by atoms with E-state index in [0.29, 0.717) is 0 Å². The number of aryl methyl sites for hydroxylation is 1. The van der Waals surface area contributed by atoms with Gasteiger partial charge in [-0.3, -0.25) is 0 Å². The van der Waals surface area contributed by atoms with Crippen LogP contribution in [0.25, 0.3) is 22.2 Å². The molecule has 16 heavy (non-hydrogen) atoms. The first kappa shape index (κ1) is 9.21. The zero-order valence-electron chi connectivity index (χ0n) is 9.03. The Labute approximate surface area is 93.1 Å². The van der Waals surface area contributed by atoms with Crippen LogP contribution in [0.3, 0.4) is 0 Å². The molecule has 0 atom stereocenters. The molecular weight excluding hydrogens is 200 g/mol. The highest BCUT2D eigenvalue weighted by Crippen LogP contribution is 2.28. The van der Waals surface area contributed by atoms with Gasteiger partial charge in [0, 0.05) is 29.1 Å². The van der Waals surface area contributed by atoms with Gasteiger partial charge in [0.1, 0.15) is 0 Å². The number of aromatic nitrogens is 2. The first-order chi connectivity index (χ1) is 7.88. The fraction of sp³-hybridized carbons (Fsp3) is 0.154. The monoisotopic (exact) mass is 212 g/mol. The summed E-state index contributed by atoms with van der Waals surface area (Å²) >= 11 is 0. The van der Waals surface area contributed by atoms with Gasteiger partial charge >= 0.3 is 0 Å². The van der Waals surface area contributed by atoms with E-state index in [2.05, 4.69) is 22.1 Å². The summed E-state index contributed by atoms with van der Waals surface area (Å²) in [5.41, 5.74) is 2.19. The number of hydrogen-bond donors (Lipinski definition) is 1. The molecule has 0 fully saturated rings. The lowest BCUT2D eigenvalue weighted by Gasteiger charge is -1.93. The number of aromatic amines is 1. The maximum atomic E-state index is 5.65. The van der Waals surface area contributed by atoms with Gasteiger partial charge in [-0.1, -0.05) is 25.1 Å². The Kier molecular flexibility index (Phi) is 2.03. The standard InChI is InChI=1S/C13H12N2O/c1-2-13-15-8-12(16-13)10-7-14-11-6-4-3-5-9(10)11/h3-8,14H,2H2,1H3. The maximum absolute atomic E-state index is 5.65. The third-order valence-corrected chi connectivity index (χ3v) is 2.71. The van der Waals surface area contributed by atoms with Crippen LogP contribution >= 0.6 is 0 Å². The molecule has 0 amide bonds. The Morgan fingerprint density at radius 2 is 2.19 bits per heavy atom. The summed E-state index contributed by atoms with van der Waals surface area (Å²) in [5, 5.41) is 1.17. The van der Waals surface area contributed by atoms with Gasteiger partial charge in [0.2, 0.25) is 0 Å². The third-order valence-electron chi connectivity index (χ3n) is 2.71. The van der Waals surface area contributed by atoms with Gasteiger partial charge < -0.3 is 9.40 Å². The summed E-state index contributed by atoms with van der Waals surface area (Å²) in [7, 11) is 0. The Morgan fingerprint density at radius 3 is 3.00 bits per heavy atom. The van der Waals surface area contributed by atoms with Gasteiger partial charge in [-0.2, -0.15) is 0 Å². The van der Waals surface area contributed by atoms with Crippen LogP contribution in [0.4, 0.5) is 0 Å². The van der Waals surface area contributed by atoms with Crippen LogP contribution in [0.1, 0.15) is 12.8 Å². The summed E-state index contributed by atoms with van der Waals surface area (Å²) in [5.74, 6) is 1.61. The van der Waals surface area contributed by atoms with Crippen LogP contribution in [0.5, 0.6) is 0 Å². The molecule has 0 saturated heterocycles. The molecule has 2 heterocycles. The molecule has 3 heteroatoms. The number of para-hydroxylation sites is 1. The second kappa shape index (κ2) is 3.52. The van der Waals surface area contributed by atoms with E-state index in [0.717, 1.165) is 29.2 Å². The summed E-state index contributed by atoms with van der Waals surface area (Å²) < 4.78 is 5.65. The van der Waals surface area contributed by atoms with Gasteiger partial charge in [-0.15, -0.1) is 0 Å². The lowest BCUT2D eigenvalue weighted by Crippen LogP contribution is -1.74. The molecule has 80 valence electrons. The predicted octanol–water partition coefficient (Wildman–Crippen LogP) is 3.39. The minimum Gasteiger partial charge on any atom is -0.441 e. The predicted molar refractivity (Wildman–Crippen MR) is 63.2 cm³/mol. The van der Waals surface area contributed by atoms with E-state index >= 15 is 0 Å². The molecular formula is C13H12N2O. The second-order valence-electron chi connectivity index (χ2n) is 3.72. The van der Waals surface area contributed by atoms with Crippen molar-refractivity contribution in [1.82, 2.24) is 9.97 Å². The van der Waals surface area contributed by atoms with Crippen LogP contribution in [-0.4, -0.2) is 9.97 Å². The molecule has 3 nitrogen and oxygen atoms in total. The third kappa shape index (κ3) is 1.33. The van der Waals surface area contributed by atoms with Gasteiger partial charge in [0.15, 0.2) is 11.7 Å². The minimum absolute atomic E-state index is 0.778. The van der Waals surface area contributed by atoms with E-state index in [1.165, 1.54) is 5.39 Å². The largest absolute Gasteiger partial charge is 0.441 e. The number of benzene rings is 1. The molecule has 0 aliphatic rings. The first-order valence-corrected chi connectivity index (χ1v) is 5.39. The average molecular weight is 212 g/mol. The highest BCUT2D eigenvalue weighted by atomic mass is 16.4. The molecule has 0 bridgehead atoms. The van der Waals surface area contributed by atoms with Crippen molar-refractivity contribution >= 4 is 10.9 Å². The zero-order chi connectivity index (χ0) is 11.0. The van der Waals surface area contributed by atoms with Gasteiger partial charge in [0.25, 0.3) is 0 Å². The fourth-order valence-electron chi connectivity index (χ4n) is 1.87. The Morgan fingerprint density at radius 1 is 1.31 bits per heavy atom. The second-order valence-corrected chi connectivity index (χ2v) is 3.72. The molecule has 0 saturated carbocycles. The molecule has 2 aromatic heterocycles. The molecule has 0 unspecified atom stereocenters. The lowest BCUT2D eigenvalue weighted by atomic mass is 10.1. The number of nitrogens with zero attached hydrogens (tertiary/aromatic N) is 1. The summed E-state index contributed by atoms with van der Waals surface area (Å²) in [6, 6.07) is 8.17. The molecule has 3 aromatic rings. The van der Waals surface area contributed by atoms with Crippen molar-refractivity contribution in [2.24, 2.45) is 0 Å². The average Bonchev–Trinajstić information content (AvgIpc) is 2.94. The van der Waals surface area contributed by atoms with Crippen molar-refractivity contribution in [2.75, 3.05) is 0 Å². The van der Waals surface area contributed by atoms with Gasteiger partial charge in [0.05, 0.1) is 6.20 Å². The first-order valence-electron chi connectivity index (χ1n) is 5.39. The number of fused-ring (bicyclic) bond motifs is 1. The highest BCUT2D eigenvalue weighted by Gasteiger charge is 2.09. The summed E-state index contributed by atoms with van der Waals surface area (Å²) in [6.45, 7) is 2.03. The quantitative estimate of drug-likeness (QED) is 0.707. The van der Waals surface area contributed by atoms with Crippen LogP contribution in [0.15, 0.2) is 41.1 Å². The highest BCUT2D eigenvalue weighted by molar-refractivity contribution is 5.93. The van der Waals surface area contributed by atoms with E-state index in [9.17, 15) is 0 Å². The van der Waals surface area contributed by atoms with E-state index in [1.54, 1.807) is 6.20 Å². The van der Waals surface area contributed by atoms with E-state index in [-0.39, 0.29) is 0 Å². The van der Waals surface area contributed by atoms with Crippen molar-refractivity contribution in [3.63, 3.8) is 0 Å². The van der Waals surface area contributed by atoms with Gasteiger partial charge in [-0.05, 0) is 6.07 Å². The van der Waals surface area contributed by atoms with Crippen LogP contribution < -0.4 is 0 Å². The SMILES string of the molecule is CCc1ncc(-c2c[nH]c3ccccc23)o1. The van der Waals surface area contributed by atoms with E-state index in [4.69, 9.17) is 4.42 Å². The van der Waals surface area contributed by atoms with Crippen LogP contribution in [0, 0.1) is 0 Å². The van der Waals surface area contributed by atoms with Crippen molar-refractivity contribution in [1.29, 1.82) is 0 Å². The zero-order valence-corrected chi connectivity index (χ0v) is 9.03. The van der Waals surface area contributed by atoms with Crippen molar-refractivity contribution < 1.29 is 4.42 Å². The number of H-pyrrole nitrogens is 1. The van der Waals surface area contributed by atoms with E-state index < -0.39 is 0 Å². The molecule has 1 N–H and O–H groups in total. The number of hydrogen-bond acceptors (Lipinski definition) is 2. The number of oxazole rings is 1. The molecule has 3 rings (SSSR count). The van der Waals surface area contributed by atoms with Crippen molar-refractivity contribution in [3.8, 4) is 11.3 Å². The lowest BCUT2D eigenvalue weighted by molar-refractivity contribution is 0.514. The summed E-state index contributed by atoms with van der Waals surface area (Å²) in [4.78, 5) is 7.44. The van der Waals surface area contributed by atoms with Crippen LogP contribution in [0.2, 0.25) is 0 Å². The maximum Gasteiger partial charge on any atom is 0.194 e.